The average molecular weight is 216 g/mol. The molecule has 0 spiro atoms. The van der Waals surface area contributed by atoms with Crippen LogP contribution in [-0.2, 0) is 5.41 Å². The standard InChI is InChI=1S/C9H14F2N4/c10-9(11)3-1-8(5-12,2-4-9)7-13-6-14-15-7/h6H,1-5,12H2,(H,13,14,15). The van der Waals surface area contributed by atoms with Crippen molar-refractivity contribution >= 4 is 0 Å². The van der Waals surface area contributed by atoms with Crippen molar-refractivity contribution in [2.45, 2.75) is 37.0 Å². The maximum atomic E-state index is 13.0. The number of nitrogens with two attached hydrogens (primary N) is 1. The van der Waals surface area contributed by atoms with Gasteiger partial charge in [0.2, 0.25) is 5.92 Å². The lowest BCUT2D eigenvalue weighted by Gasteiger charge is -2.37. The highest BCUT2D eigenvalue weighted by molar-refractivity contribution is 5.10. The number of nitrogens with zero attached hydrogens (tertiary/aromatic N) is 2. The molecule has 2 rings (SSSR count). The van der Waals surface area contributed by atoms with Gasteiger partial charge in [0.05, 0.1) is 0 Å². The minimum Gasteiger partial charge on any atom is -0.329 e. The van der Waals surface area contributed by atoms with Crippen molar-refractivity contribution in [2.75, 3.05) is 6.54 Å². The van der Waals surface area contributed by atoms with Crippen molar-refractivity contribution in [1.29, 1.82) is 0 Å². The summed E-state index contributed by atoms with van der Waals surface area (Å²) in [7, 11) is 0. The first kappa shape index (κ1) is 10.5. The Labute approximate surface area is 86.3 Å². The number of alkyl halides is 2. The van der Waals surface area contributed by atoms with Gasteiger partial charge in [-0.15, -0.1) is 0 Å². The van der Waals surface area contributed by atoms with Crippen LogP contribution in [-0.4, -0.2) is 27.6 Å². The van der Waals surface area contributed by atoms with Gasteiger partial charge in [-0.3, -0.25) is 5.10 Å². The second-order valence-electron chi connectivity index (χ2n) is 4.17. The number of hydrogen-bond donors (Lipinski definition) is 2. The Hall–Kier alpha value is -1.04. The number of aromatic amines is 1. The van der Waals surface area contributed by atoms with Crippen LogP contribution < -0.4 is 5.73 Å². The maximum absolute atomic E-state index is 13.0. The average Bonchev–Trinajstić information content (AvgIpc) is 2.72. The number of halogens is 2. The van der Waals surface area contributed by atoms with Crippen molar-refractivity contribution in [3.63, 3.8) is 0 Å². The molecule has 1 heterocycles. The van der Waals surface area contributed by atoms with Gasteiger partial charge < -0.3 is 5.73 Å². The predicted molar refractivity (Wildman–Crippen MR) is 50.5 cm³/mol. The number of aromatic nitrogens is 3. The summed E-state index contributed by atoms with van der Waals surface area (Å²) in [5, 5.41) is 6.49. The Morgan fingerprint density at radius 3 is 2.47 bits per heavy atom. The van der Waals surface area contributed by atoms with E-state index in [1.54, 1.807) is 0 Å². The molecule has 84 valence electrons. The topological polar surface area (TPSA) is 67.6 Å². The van der Waals surface area contributed by atoms with Crippen LogP contribution in [0.3, 0.4) is 0 Å². The molecule has 0 bridgehead atoms. The molecule has 6 heteroatoms. The molecular weight excluding hydrogens is 202 g/mol. The van der Waals surface area contributed by atoms with E-state index in [4.69, 9.17) is 5.73 Å². The molecule has 0 unspecified atom stereocenters. The van der Waals surface area contributed by atoms with Crippen LogP contribution in [0.5, 0.6) is 0 Å². The molecule has 0 saturated heterocycles. The van der Waals surface area contributed by atoms with E-state index in [1.807, 2.05) is 0 Å². The zero-order valence-electron chi connectivity index (χ0n) is 8.34. The lowest BCUT2D eigenvalue weighted by Crippen LogP contribution is -2.42. The van der Waals surface area contributed by atoms with E-state index in [-0.39, 0.29) is 12.8 Å². The molecule has 0 atom stereocenters. The summed E-state index contributed by atoms with van der Waals surface area (Å²) >= 11 is 0. The zero-order chi connectivity index (χ0) is 10.9. The van der Waals surface area contributed by atoms with Crippen LogP contribution in [0.2, 0.25) is 0 Å². The molecule has 1 saturated carbocycles. The van der Waals surface area contributed by atoms with Crippen LogP contribution in [0.15, 0.2) is 6.33 Å². The van der Waals surface area contributed by atoms with Crippen LogP contribution >= 0.6 is 0 Å². The fourth-order valence-corrected chi connectivity index (χ4v) is 2.09. The number of H-pyrrole nitrogens is 1. The fraction of sp³-hybridized carbons (Fsp3) is 0.778. The first-order valence-electron chi connectivity index (χ1n) is 5.02. The van der Waals surface area contributed by atoms with Gasteiger partial charge in [-0.2, -0.15) is 5.10 Å². The van der Waals surface area contributed by atoms with E-state index in [2.05, 4.69) is 15.2 Å². The summed E-state index contributed by atoms with van der Waals surface area (Å²) in [6.45, 7) is 0.332. The van der Waals surface area contributed by atoms with Crippen molar-refractivity contribution in [3.8, 4) is 0 Å². The van der Waals surface area contributed by atoms with Crippen LogP contribution in [0, 0.1) is 0 Å². The molecule has 4 nitrogen and oxygen atoms in total. The highest BCUT2D eigenvalue weighted by Crippen LogP contribution is 2.43. The second kappa shape index (κ2) is 3.52. The summed E-state index contributed by atoms with van der Waals surface area (Å²) in [5.41, 5.74) is 5.25. The quantitative estimate of drug-likeness (QED) is 0.780. The molecule has 1 aliphatic rings. The van der Waals surface area contributed by atoms with Gasteiger partial charge in [-0.1, -0.05) is 0 Å². The minimum atomic E-state index is -2.54. The van der Waals surface area contributed by atoms with E-state index in [0.717, 1.165) is 0 Å². The SMILES string of the molecule is NCC1(c2ncn[nH]2)CCC(F)(F)CC1. The van der Waals surface area contributed by atoms with E-state index in [9.17, 15) is 8.78 Å². The number of rotatable bonds is 2. The molecule has 1 aliphatic carbocycles. The first-order valence-corrected chi connectivity index (χ1v) is 5.02. The smallest absolute Gasteiger partial charge is 0.248 e. The van der Waals surface area contributed by atoms with E-state index in [1.165, 1.54) is 6.33 Å². The monoisotopic (exact) mass is 216 g/mol. The van der Waals surface area contributed by atoms with Gasteiger partial charge in [0.15, 0.2) is 0 Å². The summed E-state index contributed by atoms with van der Waals surface area (Å²) in [6.07, 6.45) is 1.88. The number of hydrogen-bond acceptors (Lipinski definition) is 3. The molecule has 3 N–H and O–H groups in total. The van der Waals surface area contributed by atoms with Gasteiger partial charge in [-0.05, 0) is 12.8 Å². The molecule has 0 aliphatic heterocycles. The lowest BCUT2D eigenvalue weighted by molar-refractivity contribution is -0.0519. The third kappa shape index (κ3) is 1.86. The van der Waals surface area contributed by atoms with Crippen molar-refractivity contribution in [3.05, 3.63) is 12.2 Å². The maximum Gasteiger partial charge on any atom is 0.248 e. The molecule has 1 aromatic heterocycles. The normalized spacial score (nSPS) is 23.9. The van der Waals surface area contributed by atoms with Crippen LogP contribution in [0.25, 0.3) is 0 Å². The van der Waals surface area contributed by atoms with Crippen LogP contribution in [0.4, 0.5) is 8.78 Å². The zero-order valence-corrected chi connectivity index (χ0v) is 8.34. The highest BCUT2D eigenvalue weighted by atomic mass is 19.3. The van der Waals surface area contributed by atoms with Gasteiger partial charge in [0.1, 0.15) is 12.2 Å². The molecular formula is C9H14F2N4. The molecule has 0 amide bonds. The molecule has 0 aromatic carbocycles. The Morgan fingerprint density at radius 1 is 1.33 bits per heavy atom. The summed E-state index contributed by atoms with van der Waals surface area (Å²) in [6, 6.07) is 0. The van der Waals surface area contributed by atoms with Crippen LogP contribution in [0.1, 0.15) is 31.5 Å². The Kier molecular flexibility index (Phi) is 2.46. The summed E-state index contributed by atoms with van der Waals surface area (Å²) < 4.78 is 26.1. The van der Waals surface area contributed by atoms with E-state index >= 15 is 0 Å². The van der Waals surface area contributed by atoms with Gasteiger partial charge in [0, 0.05) is 24.8 Å². The molecule has 1 aromatic rings. The molecule has 1 fully saturated rings. The molecule has 0 radical (unpaired) electrons. The third-order valence-corrected chi connectivity index (χ3v) is 3.25. The number of nitrogens with one attached hydrogen (secondary N) is 1. The second-order valence-corrected chi connectivity index (χ2v) is 4.17. The van der Waals surface area contributed by atoms with Gasteiger partial charge in [0.25, 0.3) is 0 Å². The minimum absolute atomic E-state index is 0.120. The summed E-state index contributed by atoms with van der Waals surface area (Å²) in [4.78, 5) is 4.04. The van der Waals surface area contributed by atoms with Crippen molar-refractivity contribution < 1.29 is 8.78 Å². The van der Waals surface area contributed by atoms with Crippen molar-refractivity contribution in [1.82, 2.24) is 15.2 Å². The molecule has 15 heavy (non-hydrogen) atoms. The predicted octanol–water partition coefficient (Wildman–Crippen LogP) is 1.21. The lowest BCUT2D eigenvalue weighted by atomic mass is 9.72. The highest BCUT2D eigenvalue weighted by Gasteiger charge is 2.45. The first-order chi connectivity index (χ1) is 7.08. The van der Waals surface area contributed by atoms with Gasteiger partial charge in [-0.25, -0.2) is 13.8 Å². The Bertz CT molecular complexity index is 313. The largest absolute Gasteiger partial charge is 0.329 e. The third-order valence-electron chi connectivity index (χ3n) is 3.25. The van der Waals surface area contributed by atoms with E-state index in [0.29, 0.717) is 25.2 Å². The Morgan fingerprint density at radius 2 is 2.00 bits per heavy atom. The fourth-order valence-electron chi connectivity index (χ4n) is 2.09. The summed E-state index contributed by atoms with van der Waals surface area (Å²) in [5.74, 6) is -1.90. The van der Waals surface area contributed by atoms with Crippen molar-refractivity contribution in [2.24, 2.45) is 5.73 Å². The Balaban J connectivity index is 2.19. The van der Waals surface area contributed by atoms with E-state index < -0.39 is 11.3 Å². The van der Waals surface area contributed by atoms with Gasteiger partial charge >= 0.3 is 0 Å².